The highest BCUT2D eigenvalue weighted by atomic mass is 16.5. The van der Waals surface area contributed by atoms with Gasteiger partial charge in [-0.2, -0.15) is 0 Å². The lowest BCUT2D eigenvalue weighted by Crippen LogP contribution is -2.43. The van der Waals surface area contributed by atoms with E-state index in [0.29, 0.717) is 6.61 Å². The second-order valence-electron chi connectivity index (χ2n) is 7.26. The third-order valence-electron chi connectivity index (χ3n) is 5.63. The van der Waals surface area contributed by atoms with Crippen molar-refractivity contribution in [1.29, 1.82) is 0 Å². The second-order valence-corrected chi connectivity index (χ2v) is 7.26. The van der Waals surface area contributed by atoms with Gasteiger partial charge in [-0.15, -0.1) is 0 Å². The van der Waals surface area contributed by atoms with E-state index in [1.165, 1.54) is 0 Å². The number of hydrogen-bond acceptors (Lipinski definition) is 4. The van der Waals surface area contributed by atoms with Gasteiger partial charge in [-0.05, 0) is 36.8 Å². The summed E-state index contributed by atoms with van der Waals surface area (Å²) >= 11 is 0. The number of aromatic nitrogens is 1. The molecule has 3 heterocycles. The van der Waals surface area contributed by atoms with Crippen LogP contribution in [0.4, 0.5) is 0 Å². The molecule has 132 valence electrons. The number of ether oxygens (including phenoxy) is 2. The van der Waals surface area contributed by atoms with Crippen LogP contribution in [0.15, 0.2) is 36.5 Å². The Bertz CT molecular complexity index is 763. The molecule has 1 aromatic heterocycles. The van der Waals surface area contributed by atoms with E-state index in [9.17, 15) is 4.79 Å². The lowest BCUT2D eigenvalue weighted by atomic mass is 9.76. The Morgan fingerprint density at radius 1 is 1.32 bits per heavy atom. The first-order valence-electron chi connectivity index (χ1n) is 8.94. The van der Waals surface area contributed by atoms with Crippen LogP contribution in [0.25, 0.3) is 10.9 Å². The van der Waals surface area contributed by atoms with Gasteiger partial charge < -0.3 is 14.4 Å². The molecular formula is C20H24N2O3. The van der Waals surface area contributed by atoms with Crippen LogP contribution in [0.1, 0.15) is 29.6 Å². The lowest BCUT2D eigenvalue weighted by Gasteiger charge is -2.38. The van der Waals surface area contributed by atoms with E-state index in [1.54, 1.807) is 13.3 Å². The maximum absolute atomic E-state index is 13.0. The van der Waals surface area contributed by atoms with Crippen LogP contribution in [0.2, 0.25) is 0 Å². The molecular weight excluding hydrogens is 316 g/mol. The molecule has 1 atom stereocenters. The molecule has 0 aliphatic carbocycles. The number of nitrogens with zero attached hydrogens (tertiary/aromatic N) is 2. The first kappa shape index (κ1) is 16.5. The minimum Gasteiger partial charge on any atom is -0.382 e. The van der Waals surface area contributed by atoms with E-state index in [0.717, 1.165) is 55.4 Å². The van der Waals surface area contributed by atoms with E-state index in [-0.39, 0.29) is 17.4 Å². The van der Waals surface area contributed by atoms with Crippen molar-refractivity contribution in [1.82, 2.24) is 9.88 Å². The fraction of sp³-hybridized carbons (Fsp3) is 0.500. The average Bonchev–Trinajstić information content (AvgIpc) is 3.04. The summed E-state index contributed by atoms with van der Waals surface area (Å²) < 4.78 is 11.1. The van der Waals surface area contributed by atoms with Crippen molar-refractivity contribution in [3.63, 3.8) is 0 Å². The highest BCUT2D eigenvalue weighted by Gasteiger charge is 2.43. The molecule has 2 aliphatic rings. The molecule has 0 N–H and O–H groups in total. The second kappa shape index (κ2) is 6.73. The molecule has 2 aliphatic heterocycles. The van der Waals surface area contributed by atoms with Gasteiger partial charge in [0.2, 0.25) is 0 Å². The van der Waals surface area contributed by atoms with Gasteiger partial charge in [-0.1, -0.05) is 18.2 Å². The summed E-state index contributed by atoms with van der Waals surface area (Å²) in [6, 6.07) is 9.66. The zero-order valence-corrected chi connectivity index (χ0v) is 14.6. The Kier molecular flexibility index (Phi) is 4.44. The molecule has 5 nitrogen and oxygen atoms in total. The Morgan fingerprint density at radius 2 is 2.12 bits per heavy atom. The summed E-state index contributed by atoms with van der Waals surface area (Å²) in [6.45, 7) is 3.03. The summed E-state index contributed by atoms with van der Waals surface area (Å²) in [4.78, 5) is 19.4. The lowest BCUT2D eigenvalue weighted by molar-refractivity contribution is 0.0281. The Hall–Kier alpha value is -1.98. The number of fused-ring (bicyclic) bond motifs is 1. The van der Waals surface area contributed by atoms with Gasteiger partial charge in [-0.25, -0.2) is 0 Å². The minimum absolute atomic E-state index is 0.112. The number of pyridine rings is 1. The number of likely N-dealkylation sites (tertiary alicyclic amines) is 1. The van der Waals surface area contributed by atoms with E-state index in [2.05, 4.69) is 4.98 Å². The van der Waals surface area contributed by atoms with Crippen molar-refractivity contribution in [3.8, 4) is 0 Å². The van der Waals surface area contributed by atoms with Gasteiger partial charge in [0.15, 0.2) is 0 Å². The van der Waals surface area contributed by atoms with Crippen molar-refractivity contribution in [3.05, 3.63) is 42.1 Å². The van der Waals surface area contributed by atoms with Crippen LogP contribution < -0.4 is 0 Å². The molecule has 1 aromatic carbocycles. The highest BCUT2D eigenvalue weighted by molar-refractivity contribution is 6.05. The number of carbonyl (C=O) groups is 1. The number of benzene rings is 1. The summed E-state index contributed by atoms with van der Waals surface area (Å²) in [6.07, 6.45) is 4.97. The average molecular weight is 340 g/mol. The van der Waals surface area contributed by atoms with E-state index in [4.69, 9.17) is 9.47 Å². The quantitative estimate of drug-likeness (QED) is 0.862. The fourth-order valence-electron chi connectivity index (χ4n) is 4.17. The Labute approximate surface area is 147 Å². The van der Waals surface area contributed by atoms with E-state index in [1.807, 2.05) is 35.2 Å². The molecule has 1 amide bonds. The molecule has 0 bridgehead atoms. The van der Waals surface area contributed by atoms with Crippen molar-refractivity contribution in [2.75, 3.05) is 33.4 Å². The zero-order valence-electron chi connectivity index (χ0n) is 14.6. The molecule has 1 spiro atoms. The van der Waals surface area contributed by atoms with Crippen molar-refractivity contribution in [2.45, 2.75) is 25.4 Å². The van der Waals surface area contributed by atoms with Gasteiger partial charge >= 0.3 is 0 Å². The molecule has 4 rings (SSSR count). The van der Waals surface area contributed by atoms with Crippen LogP contribution in [0.5, 0.6) is 0 Å². The standard InChI is InChI=1S/C20H24N2O3/c1-24-13-15-12-20(14-25-15)7-10-22(11-8-20)19(23)17-6-9-21-18-5-3-2-4-16(17)18/h2-6,9,15H,7-8,10-14H2,1H3/t15-/m1/s1. The Balaban J connectivity index is 1.47. The number of methoxy groups -OCH3 is 1. The predicted molar refractivity (Wildman–Crippen MR) is 95.5 cm³/mol. The van der Waals surface area contributed by atoms with Crippen molar-refractivity contribution < 1.29 is 14.3 Å². The number of hydrogen-bond donors (Lipinski definition) is 0. The smallest absolute Gasteiger partial charge is 0.254 e. The fourth-order valence-corrected chi connectivity index (χ4v) is 4.17. The van der Waals surface area contributed by atoms with Crippen molar-refractivity contribution >= 4 is 16.8 Å². The first-order valence-corrected chi connectivity index (χ1v) is 8.94. The predicted octanol–water partition coefficient (Wildman–Crippen LogP) is 2.89. The summed E-state index contributed by atoms with van der Waals surface area (Å²) in [5, 5.41) is 0.930. The third-order valence-corrected chi connectivity index (χ3v) is 5.63. The van der Waals surface area contributed by atoms with Gasteiger partial charge in [0.1, 0.15) is 0 Å². The largest absolute Gasteiger partial charge is 0.382 e. The normalized spacial score (nSPS) is 22.6. The van der Waals surface area contributed by atoms with Gasteiger partial charge in [-0.3, -0.25) is 9.78 Å². The first-order chi connectivity index (χ1) is 12.2. The molecule has 0 saturated carbocycles. The molecule has 25 heavy (non-hydrogen) atoms. The SMILES string of the molecule is COC[C@H]1CC2(CCN(C(=O)c3ccnc4ccccc34)CC2)CO1. The molecule has 5 heteroatoms. The number of rotatable bonds is 3. The van der Waals surface area contributed by atoms with E-state index >= 15 is 0 Å². The number of para-hydroxylation sites is 1. The molecule has 0 radical (unpaired) electrons. The maximum atomic E-state index is 13.0. The monoisotopic (exact) mass is 340 g/mol. The van der Waals surface area contributed by atoms with E-state index < -0.39 is 0 Å². The van der Waals surface area contributed by atoms with Gasteiger partial charge in [0.05, 0.1) is 30.4 Å². The van der Waals surface area contributed by atoms with Crippen LogP contribution in [-0.4, -0.2) is 55.3 Å². The third kappa shape index (κ3) is 3.14. The zero-order chi connectivity index (χ0) is 17.3. The summed E-state index contributed by atoms with van der Waals surface area (Å²) in [5.74, 6) is 0.112. The van der Waals surface area contributed by atoms with Gasteiger partial charge in [0.25, 0.3) is 5.91 Å². The van der Waals surface area contributed by atoms with Crippen LogP contribution in [-0.2, 0) is 9.47 Å². The minimum atomic E-state index is 0.112. The number of amides is 1. The molecule has 0 unspecified atom stereocenters. The summed E-state index contributed by atoms with van der Waals surface area (Å²) in [7, 11) is 1.72. The molecule has 2 fully saturated rings. The van der Waals surface area contributed by atoms with Crippen LogP contribution in [0.3, 0.4) is 0 Å². The highest BCUT2D eigenvalue weighted by Crippen LogP contribution is 2.42. The molecule has 2 aromatic rings. The maximum Gasteiger partial charge on any atom is 0.254 e. The Morgan fingerprint density at radius 3 is 2.92 bits per heavy atom. The van der Waals surface area contributed by atoms with Gasteiger partial charge in [0, 0.05) is 31.8 Å². The van der Waals surface area contributed by atoms with Crippen LogP contribution >= 0.6 is 0 Å². The summed E-state index contributed by atoms with van der Waals surface area (Å²) in [5.41, 5.74) is 1.84. The number of carbonyl (C=O) groups excluding carboxylic acids is 1. The van der Waals surface area contributed by atoms with Crippen molar-refractivity contribution in [2.24, 2.45) is 5.41 Å². The molecule has 2 saturated heterocycles. The topological polar surface area (TPSA) is 51.7 Å². The van der Waals surface area contributed by atoms with Crippen LogP contribution in [0, 0.1) is 5.41 Å². The number of piperidine rings is 1.